The van der Waals surface area contributed by atoms with Crippen molar-refractivity contribution in [3.63, 3.8) is 0 Å². The zero-order chi connectivity index (χ0) is 12.4. The maximum Gasteiger partial charge on any atom is 0.250 e. The van der Waals surface area contributed by atoms with Crippen molar-refractivity contribution in [2.24, 2.45) is 5.92 Å². The Balaban J connectivity index is 2.52. The standard InChI is InChI=1S/C13H15N3O/c1-9(2)13(17)16-11(8-12(14)15-16)10-6-4-3-5-7-10/h3-9H,1-2H3,(H2,14,15). The molecule has 2 rings (SSSR count). The molecule has 4 nitrogen and oxygen atoms in total. The van der Waals surface area contributed by atoms with Crippen LogP contribution in [0.4, 0.5) is 5.82 Å². The number of hydrogen-bond acceptors (Lipinski definition) is 3. The lowest BCUT2D eigenvalue weighted by atomic mass is 10.1. The second kappa shape index (κ2) is 4.41. The average molecular weight is 229 g/mol. The Labute approximate surface area is 100 Å². The van der Waals surface area contributed by atoms with Gasteiger partial charge in [0.25, 0.3) is 0 Å². The summed E-state index contributed by atoms with van der Waals surface area (Å²) in [5, 5.41) is 4.05. The zero-order valence-corrected chi connectivity index (χ0v) is 9.92. The summed E-state index contributed by atoms with van der Waals surface area (Å²) in [4.78, 5) is 12.0. The second-order valence-electron chi connectivity index (χ2n) is 4.23. The van der Waals surface area contributed by atoms with Gasteiger partial charge in [-0.2, -0.15) is 4.68 Å². The molecule has 0 unspecified atom stereocenters. The molecule has 1 aromatic heterocycles. The van der Waals surface area contributed by atoms with Gasteiger partial charge in [0.1, 0.15) is 5.82 Å². The molecule has 0 aliphatic carbocycles. The Morgan fingerprint density at radius 1 is 1.29 bits per heavy atom. The fourth-order valence-corrected chi connectivity index (χ4v) is 1.63. The summed E-state index contributed by atoms with van der Waals surface area (Å²) >= 11 is 0. The monoisotopic (exact) mass is 229 g/mol. The van der Waals surface area contributed by atoms with E-state index in [1.807, 2.05) is 44.2 Å². The van der Waals surface area contributed by atoms with E-state index in [4.69, 9.17) is 5.73 Å². The molecule has 2 N–H and O–H groups in total. The molecular weight excluding hydrogens is 214 g/mol. The van der Waals surface area contributed by atoms with Crippen molar-refractivity contribution in [2.45, 2.75) is 13.8 Å². The number of rotatable bonds is 2. The molecule has 0 saturated carbocycles. The van der Waals surface area contributed by atoms with E-state index in [-0.39, 0.29) is 11.8 Å². The van der Waals surface area contributed by atoms with E-state index in [0.29, 0.717) is 5.82 Å². The van der Waals surface area contributed by atoms with E-state index in [0.717, 1.165) is 11.3 Å². The smallest absolute Gasteiger partial charge is 0.250 e. The van der Waals surface area contributed by atoms with Crippen LogP contribution in [0.15, 0.2) is 36.4 Å². The molecule has 1 aromatic carbocycles. The first-order chi connectivity index (χ1) is 8.09. The number of nitrogens with two attached hydrogens (primary N) is 1. The van der Waals surface area contributed by atoms with Crippen LogP contribution in [0.1, 0.15) is 18.6 Å². The molecule has 0 amide bonds. The minimum absolute atomic E-state index is 0.0550. The number of anilines is 1. The molecule has 17 heavy (non-hydrogen) atoms. The molecule has 0 atom stereocenters. The molecule has 2 aromatic rings. The highest BCUT2D eigenvalue weighted by atomic mass is 16.2. The van der Waals surface area contributed by atoms with Crippen molar-refractivity contribution in [3.8, 4) is 11.3 Å². The van der Waals surface area contributed by atoms with Crippen LogP contribution < -0.4 is 5.73 Å². The number of nitrogen functional groups attached to an aromatic ring is 1. The molecule has 0 aliphatic heterocycles. The molecule has 4 heteroatoms. The summed E-state index contributed by atoms with van der Waals surface area (Å²) in [6.07, 6.45) is 0. The van der Waals surface area contributed by atoms with Gasteiger partial charge in [-0.25, -0.2) is 0 Å². The van der Waals surface area contributed by atoms with Gasteiger partial charge in [0, 0.05) is 17.5 Å². The second-order valence-corrected chi connectivity index (χ2v) is 4.23. The Bertz CT molecular complexity index is 529. The largest absolute Gasteiger partial charge is 0.382 e. The van der Waals surface area contributed by atoms with Crippen LogP contribution in [0.3, 0.4) is 0 Å². The van der Waals surface area contributed by atoms with Crippen LogP contribution in [0, 0.1) is 5.92 Å². The molecule has 1 heterocycles. The average Bonchev–Trinajstić information content (AvgIpc) is 2.71. The lowest BCUT2D eigenvalue weighted by molar-refractivity contribution is 0.0841. The molecule has 0 aliphatic rings. The number of carbonyl (C=O) groups excluding carboxylic acids is 1. The summed E-state index contributed by atoms with van der Waals surface area (Å²) in [7, 11) is 0. The van der Waals surface area contributed by atoms with E-state index in [1.54, 1.807) is 6.07 Å². The summed E-state index contributed by atoms with van der Waals surface area (Å²) in [6.45, 7) is 3.68. The third-order valence-electron chi connectivity index (χ3n) is 2.50. The topological polar surface area (TPSA) is 60.9 Å². The summed E-state index contributed by atoms with van der Waals surface area (Å²) in [5.41, 5.74) is 7.34. The van der Waals surface area contributed by atoms with Crippen molar-refractivity contribution in [1.29, 1.82) is 0 Å². The first-order valence-corrected chi connectivity index (χ1v) is 5.55. The molecular formula is C13H15N3O. The summed E-state index contributed by atoms with van der Waals surface area (Å²) in [6, 6.07) is 11.3. The quantitative estimate of drug-likeness (QED) is 0.860. The molecule has 88 valence electrons. The van der Waals surface area contributed by atoms with E-state index in [1.165, 1.54) is 4.68 Å². The van der Waals surface area contributed by atoms with Crippen LogP contribution in [-0.4, -0.2) is 15.7 Å². The van der Waals surface area contributed by atoms with Gasteiger partial charge in [0.2, 0.25) is 5.91 Å². The Kier molecular flexibility index (Phi) is 2.95. The molecule has 0 saturated heterocycles. The van der Waals surface area contributed by atoms with Gasteiger partial charge in [0.05, 0.1) is 5.69 Å². The van der Waals surface area contributed by atoms with Crippen LogP contribution in [-0.2, 0) is 0 Å². The van der Waals surface area contributed by atoms with E-state index < -0.39 is 0 Å². The van der Waals surface area contributed by atoms with Gasteiger partial charge in [-0.05, 0) is 0 Å². The van der Waals surface area contributed by atoms with Crippen LogP contribution in [0.2, 0.25) is 0 Å². The van der Waals surface area contributed by atoms with Gasteiger partial charge in [-0.1, -0.05) is 44.2 Å². The zero-order valence-electron chi connectivity index (χ0n) is 9.92. The van der Waals surface area contributed by atoms with Gasteiger partial charge < -0.3 is 5.73 Å². The minimum atomic E-state index is -0.114. The van der Waals surface area contributed by atoms with Crippen molar-refractivity contribution in [3.05, 3.63) is 36.4 Å². The fraction of sp³-hybridized carbons (Fsp3) is 0.231. The highest BCUT2D eigenvalue weighted by Crippen LogP contribution is 2.22. The van der Waals surface area contributed by atoms with Crippen LogP contribution in [0.5, 0.6) is 0 Å². The number of hydrogen-bond donors (Lipinski definition) is 1. The maximum absolute atomic E-state index is 12.0. The SMILES string of the molecule is CC(C)C(=O)n1nc(N)cc1-c1ccccc1. The first kappa shape index (κ1) is 11.4. The lowest BCUT2D eigenvalue weighted by Gasteiger charge is -2.08. The Morgan fingerprint density at radius 3 is 2.53 bits per heavy atom. The van der Waals surface area contributed by atoms with Gasteiger partial charge in [0.15, 0.2) is 0 Å². The third kappa shape index (κ3) is 2.20. The number of carbonyl (C=O) groups is 1. The number of aromatic nitrogens is 2. The van der Waals surface area contributed by atoms with Gasteiger partial charge in [-0.15, -0.1) is 5.10 Å². The normalized spacial score (nSPS) is 10.8. The van der Waals surface area contributed by atoms with Gasteiger partial charge >= 0.3 is 0 Å². The molecule has 0 spiro atoms. The molecule has 0 radical (unpaired) electrons. The van der Waals surface area contributed by atoms with Crippen molar-refractivity contribution in [1.82, 2.24) is 9.78 Å². The Hall–Kier alpha value is -2.10. The van der Waals surface area contributed by atoms with Crippen molar-refractivity contribution in [2.75, 3.05) is 5.73 Å². The van der Waals surface area contributed by atoms with E-state index in [2.05, 4.69) is 5.10 Å². The summed E-state index contributed by atoms with van der Waals surface area (Å²) < 4.78 is 1.38. The number of benzene rings is 1. The predicted octanol–water partition coefficient (Wildman–Crippen LogP) is 2.43. The van der Waals surface area contributed by atoms with Crippen molar-refractivity contribution < 1.29 is 4.79 Å². The van der Waals surface area contributed by atoms with Crippen LogP contribution >= 0.6 is 0 Å². The van der Waals surface area contributed by atoms with Crippen LogP contribution in [0.25, 0.3) is 11.3 Å². The first-order valence-electron chi connectivity index (χ1n) is 5.55. The van der Waals surface area contributed by atoms with E-state index in [9.17, 15) is 4.79 Å². The molecule has 0 bridgehead atoms. The van der Waals surface area contributed by atoms with Gasteiger partial charge in [-0.3, -0.25) is 4.79 Å². The number of nitrogens with zero attached hydrogens (tertiary/aromatic N) is 2. The third-order valence-corrected chi connectivity index (χ3v) is 2.50. The highest BCUT2D eigenvalue weighted by Gasteiger charge is 2.17. The van der Waals surface area contributed by atoms with Crippen molar-refractivity contribution >= 4 is 11.7 Å². The molecule has 0 fully saturated rings. The Morgan fingerprint density at radius 2 is 1.94 bits per heavy atom. The summed E-state index contributed by atoms with van der Waals surface area (Å²) in [5.74, 6) is 0.190. The lowest BCUT2D eigenvalue weighted by Crippen LogP contribution is -2.19. The maximum atomic E-state index is 12.0. The predicted molar refractivity (Wildman–Crippen MR) is 67.5 cm³/mol. The highest BCUT2D eigenvalue weighted by molar-refractivity contribution is 5.85. The fourth-order valence-electron chi connectivity index (χ4n) is 1.63. The minimum Gasteiger partial charge on any atom is -0.382 e. The van der Waals surface area contributed by atoms with E-state index >= 15 is 0 Å².